The first-order chi connectivity index (χ1) is 16.5. The van der Waals surface area contributed by atoms with E-state index in [1.165, 1.54) is 23.5 Å². The standard InChI is InChI=1S/C26H26ClN5OS/c1-2-21-23(32-14-19(27)5-8-22(32)30-21)24(33)29-13-17-3-6-20(7-4-17)31-15-26(16-31)11-18(12-26)25-28-9-10-34-25/h3-10,14,18H,2,11-13,15-16H2,1H3,(H,29,33). The molecule has 174 valence electrons. The Hall–Kier alpha value is -2.90. The quantitative estimate of drug-likeness (QED) is 0.396. The van der Waals surface area contributed by atoms with Gasteiger partial charge in [-0.1, -0.05) is 30.7 Å². The van der Waals surface area contributed by atoms with E-state index in [9.17, 15) is 4.79 Å². The van der Waals surface area contributed by atoms with Crippen molar-refractivity contribution >= 4 is 40.2 Å². The van der Waals surface area contributed by atoms with Crippen molar-refractivity contribution in [2.24, 2.45) is 5.41 Å². The smallest absolute Gasteiger partial charge is 0.270 e. The van der Waals surface area contributed by atoms with Crippen molar-refractivity contribution in [1.82, 2.24) is 19.7 Å². The Balaban J connectivity index is 1.06. The number of aromatic nitrogens is 3. The van der Waals surface area contributed by atoms with E-state index >= 15 is 0 Å². The van der Waals surface area contributed by atoms with Gasteiger partial charge in [-0.2, -0.15) is 0 Å². The van der Waals surface area contributed by atoms with Gasteiger partial charge in [-0.15, -0.1) is 11.3 Å². The Morgan fingerprint density at radius 2 is 2.00 bits per heavy atom. The van der Waals surface area contributed by atoms with Crippen molar-refractivity contribution < 1.29 is 4.79 Å². The van der Waals surface area contributed by atoms with Crippen LogP contribution >= 0.6 is 22.9 Å². The number of nitrogens with zero attached hydrogens (tertiary/aromatic N) is 4. The van der Waals surface area contributed by atoms with Crippen molar-refractivity contribution in [1.29, 1.82) is 0 Å². The van der Waals surface area contributed by atoms with E-state index in [4.69, 9.17) is 11.6 Å². The fourth-order valence-corrected chi connectivity index (χ4v) is 6.35. The zero-order valence-corrected chi connectivity index (χ0v) is 20.6. The molecule has 0 atom stereocenters. The van der Waals surface area contributed by atoms with E-state index in [-0.39, 0.29) is 5.91 Å². The molecule has 1 spiro atoms. The van der Waals surface area contributed by atoms with Gasteiger partial charge in [-0.3, -0.25) is 9.20 Å². The normalized spacial score (nSPS) is 17.1. The molecule has 1 N–H and O–H groups in total. The van der Waals surface area contributed by atoms with Gasteiger partial charge in [0.25, 0.3) is 5.91 Å². The number of carbonyl (C=O) groups excluding carboxylic acids is 1. The highest BCUT2D eigenvalue weighted by atomic mass is 35.5. The number of hydrogen-bond acceptors (Lipinski definition) is 5. The second-order valence-electron chi connectivity index (χ2n) is 9.52. The minimum absolute atomic E-state index is 0.139. The summed E-state index contributed by atoms with van der Waals surface area (Å²) in [4.78, 5) is 24.5. The van der Waals surface area contributed by atoms with Crippen LogP contribution in [-0.2, 0) is 13.0 Å². The lowest BCUT2D eigenvalue weighted by Crippen LogP contribution is -2.61. The van der Waals surface area contributed by atoms with Gasteiger partial charge in [0.15, 0.2) is 0 Å². The van der Waals surface area contributed by atoms with Crippen molar-refractivity contribution in [3.8, 4) is 0 Å². The van der Waals surface area contributed by atoms with Gasteiger partial charge >= 0.3 is 0 Å². The maximum atomic E-state index is 13.0. The zero-order chi connectivity index (χ0) is 23.3. The third kappa shape index (κ3) is 3.77. The molecule has 0 radical (unpaired) electrons. The van der Waals surface area contributed by atoms with Crippen LogP contribution in [0.15, 0.2) is 54.2 Å². The number of fused-ring (bicyclic) bond motifs is 1. The lowest BCUT2D eigenvalue weighted by atomic mass is 9.58. The van der Waals surface area contributed by atoms with Crippen LogP contribution in [0.25, 0.3) is 5.65 Å². The highest BCUT2D eigenvalue weighted by Gasteiger charge is 2.53. The van der Waals surface area contributed by atoms with Gasteiger partial charge in [-0.25, -0.2) is 9.97 Å². The number of benzene rings is 1. The Labute approximate surface area is 207 Å². The summed E-state index contributed by atoms with van der Waals surface area (Å²) < 4.78 is 1.78. The predicted molar refractivity (Wildman–Crippen MR) is 136 cm³/mol. The molecule has 8 heteroatoms. The molecule has 2 aliphatic rings. The average molecular weight is 492 g/mol. The summed E-state index contributed by atoms with van der Waals surface area (Å²) in [6.07, 6.45) is 6.86. The SMILES string of the molecule is CCc1nc2ccc(Cl)cn2c1C(=O)NCc1ccc(N2CC3(CC(c4nccs4)C3)C2)cc1. The highest BCUT2D eigenvalue weighted by molar-refractivity contribution is 7.09. The lowest BCUT2D eigenvalue weighted by Gasteiger charge is -2.59. The Morgan fingerprint density at radius 1 is 1.21 bits per heavy atom. The average Bonchev–Trinajstić information content (AvgIpc) is 3.44. The van der Waals surface area contributed by atoms with Crippen molar-refractivity contribution in [3.05, 3.63) is 81.2 Å². The molecule has 34 heavy (non-hydrogen) atoms. The van der Waals surface area contributed by atoms with Gasteiger partial charge in [0, 0.05) is 54.4 Å². The minimum atomic E-state index is -0.139. The number of anilines is 1. The second kappa shape index (κ2) is 8.40. The molecule has 0 bridgehead atoms. The summed E-state index contributed by atoms with van der Waals surface area (Å²) in [5.74, 6) is 0.519. The largest absolute Gasteiger partial charge is 0.370 e. The van der Waals surface area contributed by atoms with Crippen LogP contribution < -0.4 is 10.2 Å². The first-order valence-corrected chi connectivity index (χ1v) is 13.0. The van der Waals surface area contributed by atoms with Crippen LogP contribution in [-0.4, -0.2) is 33.4 Å². The molecule has 1 aliphatic carbocycles. The Kier molecular flexibility index (Phi) is 5.34. The molecule has 1 saturated carbocycles. The molecule has 3 aromatic heterocycles. The molecule has 4 heterocycles. The molecule has 2 fully saturated rings. The van der Waals surface area contributed by atoms with E-state index in [0.717, 1.165) is 30.0 Å². The molecule has 6 nitrogen and oxygen atoms in total. The number of imidazole rings is 1. The number of nitrogens with one attached hydrogen (secondary N) is 1. The number of aryl methyl sites for hydroxylation is 1. The van der Waals surface area contributed by atoms with Crippen LogP contribution in [0, 0.1) is 5.41 Å². The molecular weight excluding hydrogens is 466 g/mol. The third-order valence-corrected chi connectivity index (χ3v) is 8.33. The molecule has 1 aliphatic heterocycles. The number of carbonyl (C=O) groups is 1. The minimum Gasteiger partial charge on any atom is -0.370 e. The number of halogens is 1. The summed E-state index contributed by atoms with van der Waals surface area (Å²) in [5, 5.41) is 7.00. The van der Waals surface area contributed by atoms with E-state index in [1.54, 1.807) is 28.0 Å². The monoisotopic (exact) mass is 491 g/mol. The first-order valence-electron chi connectivity index (χ1n) is 11.7. The van der Waals surface area contributed by atoms with Crippen LogP contribution in [0.1, 0.15) is 52.4 Å². The van der Waals surface area contributed by atoms with Gasteiger partial charge < -0.3 is 10.2 Å². The maximum absolute atomic E-state index is 13.0. The third-order valence-electron chi connectivity index (χ3n) is 7.17. The number of hydrogen-bond donors (Lipinski definition) is 1. The molecular formula is C26H26ClN5OS. The lowest BCUT2D eigenvalue weighted by molar-refractivity contribution is 0.0633. The topological polar surface area (TPSA) is 62.5 Å². The van der Waals surface area contributed by atoms with E-state index < -0.39 is 0 Å². The summed E-state index contributed by atoms with van der Waals surface area (Å²) in [6, 6.07) is 12.2. The fourth-order valence-electron chi connectivity index (χ4n) is 5.45. The van der Waals surface area contributed by atoms with E-state index in [1.807, 2.05) is 19.2 Å². The Bertz CT molecular complexity index is 1330. The van der Waals surface area contributed by atoms with Crippen LogP contribution in [0.3, 0.4) is 0 Å². The fraction of sp³-hybridized carbons (Fsp3) is 0.346. The van der Waals surface area contributed by atoms with Crippen LogP contribution in [0.4, 0.5) is 5.69 Å². The molecule has 6 rings (SSSR count). The van der Waals surface area contributed by atoms with Crippen molar-refractivity contribution in [2.75, 3.05) is 18.0 Å². The van der Waals surface area contributed by atoms with E-state index in [0.29, 0.717) is 35.0 Å². The summed E-state index contributed by atoms with van der Waals surface area (Å²) in [6.45, 7) is 4.72. The van der Waals surface area contributed by atoms with Crippen LogP contribution in [0.2, 0.25) is 5.02 Å². The Morgan fingerprint density at radius 3 is 2.71 bits per heavy atom. The van der Waals surface area contributed by atoms with E-state index in [2.05, 4.69) is 49.8 Å². The zero-order valence-electron chi connectivity index (χ0n) is 19.0. The predicted octanol–water partition coefficient (Wildman–Crippen LogP) is 5.32. The summed E-state index contributed by atoms with van der Waals surface area (Å²) in [5.41, 5.74) is 4.87. The molecule has 0 unspecified atom stereocenters. The molecule has 1 aromatic carbocycles. The van der Waals surface area contributed by atoms with Crippen LogP contribution in [0.5, 0.6) is 0 Å². The van der Waals surface area contributed by atoms with Gasteiger partial charge in [0.1, 0.15) is 11.3 Å². The number of rotatable bonds is 6. The first kappa shape index (κ1) is 21.6. The summed E-state index contributed by atoms with van der Waals surface area (Å²) in [7, 11) is 0. The highest BCUT2D eigenvalue weighted by Crippen LogP contribution is 2.56. The number of thiazole rings is 1. The number of pyridine rings is 1. The van der Waals surface area contributed by atoms with Crippen molar-refractivity contribution in [2.45, 2.75) is 38.6 Å². The second-order valence-corrected chi connectivity index (χ2v) is 10.9. The number of amides is 1. The molecule has 1 amide bonds. The summed E-state index contributed by atoms with van der Waals surface area (Å²) >= 11 is 7.94. The molecule has 4 aromatic rings. The van der Waals surface area contributed by atoms with Gasteiger partial charge in [0.2, 0.25) is 0 Å². The van der Waals surface area contributed by atoms with Gasteiger partial charge in [-0.05, 0) is 49.1 Å². The van der Waals surface area contributed by atoms with Crippen molar-refractivity contribution in [3.63, 3.8) is 0 Å². The van der Waals surface area contributed by atoms with Gasteiger partial charge in [0.05, 0.1) is 15.7 Å². The maximum Gasteiger partial charge on any atom is 0.270 e. The molecule has 1 saturated heterocycles.